The number of unbranched alkanes of at least 4 members (excludes halogenated alkanes) is 1. The molecule has 86 valence electrons. The Bertz CT molecular complexity index is 224. The lowest BCUT2D eigenvalue weighted by Crippen LogP contribution is -2.22. The highest BCUT2D eigenvalue weighted by atomic mass is 16.5. The Hall–Kier alpha value is -1.32. The molecule has 15 heavy (non-hydrogen) atoms. The van der Waals surface area contributed by atoms with Crippen molar-refractivity contribution < 1.29 is 14.3 Å². The Morgan fingerprint density at radius 2 is 2.07 bits per heavy atom. The van der Waals surface area contributed by atoms with Gasteiger partial charge in [-0.1, -0.05) is 6.58 Å². The average molecular weight is 213 g/mol. The maximum atomic E-state index is 11.1. The molecule has 0 radical (unpaired) electrons. The third-order valence-corrected chi connectivity index (χ3v) is 1.66. The van der Waals surface area contributed by atoms with E-state index in [1.165, 1.54) is 6.08 Å². The van der Waals surface area contributed by atoms with E-state index in [9.17, 15) is 9.59 Å². The predicted octanol–water partition coefficient (Wildman–Crippen LogP) is 1.41. The quantitative estimate of drug-likeness (QED) is 0.395. The second-order valence-electron chi connectivity index (χ2n) is 3.49. The van der Waals surface area contributed by atoms with Gasteiger partial charge in [-0.05, 0) is 32.8 Å². The molecule has 0 spiro atoms. The van der Waals surface area contributed by atoms with Crippen LogP contribution in [0.2, 0.25) is 0 Å². The third kappa shape index (κ3) is 9.00. The number of carbonyl (C=O) groups is 2. The Kier molecular flexibility index (Phi) is 7.32. The van der Waals surface area contributed by atoms with Crippen LogP contribution in [0.5, 0.6) is 0 Å². The average Bonchev–Trinajstić information content (AvgIpc) is 2.15. The fourth-order valence-electron chi connectivity index (χ4n) is 1.000. The van der Waals surface area contributed by atoms with Crippen LogP contribution in [0, 0.1) is 0 Å². The van der Waals surface area contributed by atoms with E-state index < -0.39 is 0 Å². The van der Waals surface area contributed by atoms with Crippen LogP contribution in [0.25, 0.3) is 0 Å². The van der Waals surface area contributed by atoms with Crippen molar-refractivity contribution >= 4 is 11.9 Å². The SMILES string of the molecule is C=CC(=O)NCCCCC(=O)OC(C)C. The highest BCUT2D eigenvalue weighted by Gasteiger charge is 2.04. The summed E-state index contributed by atoms with van der Waals surface area (Å²) < 4.78 is 4.96. The van der Waals surface area contributed by atoms with Crippen molar-refractivity contribution in [3.63, 3.8) is 0 Å². The minimum atomic E-state index is -0.181. The van der Waals surface area contributed by atoms with Gasteiger partial charge in [-0.25, -0.2) is 0 Å². The number of rotatable bonds is 7. The third-order valence-electron chi connectivity index (χ3n) is 1.66. The second-order valence-corrected chi connectivity index (χ2v) is 3.49. The Labute approximate surface area is 90.7 Å². The van der Waals surface area contributed by atoms with Gasteiger partial charge < -0.3 is 10.1 Å². The molecule has 0 heterocycles. The van der Waals surface area contributed by atoms with E-state index in [-0.39, 0.29) is 18.0 Å². The summed E-state index contributed by atoms with van der Waals surface area (Å²) in [7, 11) is 0. The molecule has 0 saturated carbocycles. The van der Waals surface area contributed by atoms with Crippen LogP contribution in [-0.4, -0.2) is 24.5 Å². The van der Waals surface area contributed by atoms with Crippen LogP contribution in [0.1, 0.15) is 33.1 Å². The molecule has 0 aliphatic heterocycles. The molecule has 0 aliphatic rings. The van der Waals surface area contributed by atoms with Crippen molar-refractivity contribution in [1.82, 2.24) is 5.32 Å². The van der Waals surface area contributed by atoms with E-state index >= 15 is 0 Å². The molecule has 4 heteroatoms. The van der Waals surface area contributed by atoms with Gasteiger partial charge in [0.2, 0.25) is 5.91 Å². The first-order chi connectivity index (χ1) is 7.06. The molecular weight excluding hydrogens is 194 g/mol. The summed E-state index contributed by atoms with van der Waals surface area (Å²) >= 11 is 0. The van der Waals surface area contributed by atoms with E-state index in [1.807, 2.05) is 13.8 Å². The molecule has 0 aromatic carbocycles. The minimum Gasteiger partial charge on any atom is -0.463 e. The van der Waals surface area contributed by atoms with Crippen LogP contribution in [-0.2, 0) is 14.3 Å². The van der Waals surface area contributed by atoms with Gasteiger partial charge in [0.25, 0.3) is 0 Å². The van der Waals surface area contributed by atoms with E-state index in [2.05, 4.69) is 11.9 Å². The number of hydrogen-bond donors (Lipinski definition) is 1. The van der Waals surface area contributed by atoms with Crippen LogP contribution < -0.4 is 5.32 Å². The Morgan fingerprint density at radius 1 is 1.40 bits per heavy atom. The summed E-state index contributed by atoms with van der Waals surface area (Å²) in [4.78, 5) is 21.8. The Morgan fingerprint density at radius 3 is 2.60 bits per heavy atom. The lowest BCUT2D eigenvalue weighted by molar-refractivity contribution is -0.147. The summed E-state index contributed by atoms with van der Waals surface area (Å²) in [6.45, 7) is 7.55. The summed E-state index contributed by atoms with van der Waals surface area (Å²) in [5.41, 5.74) is 0. The first-order valence-electron chi connectivity index (χ1n) is 5.16. The minimum absolute atomic E-state index is 0.0574. The van der Waals surface area contributed by atoms with Crippen molar-refractivity contribution in [3.05, 3.63) is 12.7 Å². The standard InChI is InChI=1S/C11H19NO3/c1-4-10(13)12-8-6-5-7-11(14)15-9(2)3/h4,9H,1,5-8H2,2-3H3,(H,12,13). The van der Waals surface area contributed by atoms with E-state index in [0.29, 0.717) is 13.0 Å². The predicted molar refractivity (Wildman–Crippen MR) is 58.3 cm³/mol. The van der Waals surface area contributed by atoms with Gasteiger partial charge in [0.05, 0.1) is 6.10 Å². The van der Waals surface area contributed by atoms with Gasteiger partial charge in [0.1, 0.15) is 0 Å². The van der Waals surface area contributed by atoms with Crippen LogP contribution in [0.3, 0.4) is 0 Å². The highest BCUT2D eigenvalue weighted by Crippen LogP contribution is 1.99. The van der Waals surface area contributed by atoms with E-state index in [4.69, 9.17) is 4.74 Å². The fraction of sp³-hybridized carbons (Fsp3) is 0.636. The molecule has 1 amide bonds. The highest BCUT2D eigenvalue weighted by molar-refractivity contribution is 5.86. The summed E-state index contributed by atoms with van der Waals surface area (Å²) in [5, 5.41) is 2.64. The van der Waals surface area contributed by atoms with Gasteiger partial charge in [0, 0.05) is 13.0 Å². The van der Waals surface area contributed by atoms with Gasteiger partial charge in [-0.3, -0.25) is 9.59 Å². The Balaban J connectivity index is 3.34. The van der Waals surface area contributed by atoms with Crippen LogP contribution >= 0.6 is 0 Å². The molecule has 0 saturated heterocycles. The molecule has 0 unspecified atom stereocenters. The van der Waals surface area contributed by atoms with E-state index in [1.54, 1.807) is 0 Å². The molecule has 0 fully saturated rings. The number of esters is 1. The van der Waals surface area contributed by atoms with E-state index in [0.717, 1.165) is 12.8 Å². The van der Waals surface area contributed by atoms with Gasteiger partial charge >= 0.3 is 5.97 Å². The first kappa shape index (κ1) is 13.7. The number of amides is 1. The van der Waals surface area contributed by atoms with Crippen molar-refractivity contribution in [3.8, 4) is 0 Å². The number of hydrogen-bond acceptors (Lipinski definition) is 3. The fourth-order valence-corrected chi connectivity index (χ4v) is 1.000. The van der Waals surface area contributed by atoms with Gasteiger partial charge in [-0.2, -0.15) is 0 Å². The zero-order valence-electron chi connectivity index (χ0n) is 9.41. The maximum absolute atomic E-state index is 11.1. The first-order valence-corrected chi connectivity index (χ1v) is 5.16. The van der Waals surface area contributed by atoms with Crippen LogP contribution in [0.15, 0.2) is 12.7 Å². The number of nitrogens with one attached hydrogen (secondary N) is 1. The molecular formula is C11H19NO3. The normalized spacial score (nSPS) is 9.80. The monoisotopic (exact) mass is 213 g/mol. The van der Waals surface area contributed by atoms with Gasteiger partial charge in [-0.15, -0.1) is 0 Å². The number of ether oxygens (including phenoxy) is 1. The summed E-state index contributed by atoms with van der Waals surface area (Å²) in [5.74, 6) is -0.361. The number of carbonyl (C=O) groups excluding carboxylic acids is 2. The van der Waals surface area contributed by atoms with Crippen molar-refractivity contribution in [2.45, 2.75) is 39.2 Å². The van der Waals surface area contributed by atoms with Crippen molar-refractivity contribution in [2.75, 3.05) is 6.54 Å². The molecule has 4 nitrogen and oxygen atoms in total. The zero-order chi connectivity index (χ0) is 11.7. The molecule has 0 aromatic heterocycles. The molecule has 0 bridgehead atoms. The summed E-state index contributed by atoms with van der Waals surface area (Å²) in [6, 6.07) is 0. The van der Waals surface area contributed by atoms with Crippen molar-refractivity contribution in [2.24, 2.45) is 0 Å². The molecule has 0 aromatic rings. The van der Waals surface area contributed by atoms with Crippen molar-refractivity contribution in [1.29, 1.82) is 0 Å². The second kappa shape index (κ2) is 8.03. The summed E-state index contributed by atoms with van der Waals surface area (Å²) in [6.07, 6.45) is 3.07. The molecule has 1 N–H and O–H groups in total. The maximum Gasteiger partial charge on any atom is 0.306 e. The zero-order valence-corrected chi connectivity index (χ0v) is 9.41. The lowest BCUT2D eigenvalue weighted by atomic mass is 10.2. The van der Waals surface area contributed by atoms with Crippen LogP contribution in [0.4, 0.5) is 0 Å². The molecule has 0 rings (SSSR count). The molecule has 0 atom stereocenters. The topological polar surface area (TPSA) is 55.4 Å². The largest absolute Gasteiger partial charge is 0.463 e. The van der Waals surface area contributed by atoms with Gasteiger partial charge in [0.15, 0.2) is 0 Å². The smallest absolute Gasteiger partial charge is 0.306 e. The lowest BCUT2D eigenvalue weighted by Gasteiger charge is -2.07. The molecule has 0 aliphatic carbocycles.